The average Bonchev–Trinajstić information content (AvgIpc) is 2.84. The zero-order valence-electron chi connectivity index (χ0n) is 11.2. The molecule has 2 aromatic heterocycles. The Morgan fingerprint density at radius 2 is 2.35 bits per heavy atom. The monoisotopic (exact) mass is 277 g/mol. The van der Waals surface area contributed by atoms with Crippen LogP contribution in [0.2, 0.25) is 0 Å². The number of pyridine rings is 1. The molecule has 3 N–H and O–H groups in total. The van der Waals surface area contributed by atoms with Gasteiger partial charge < -0.3 is 20.3 Å². The van der Waals surface area contributed by atoms with Crippen LogP contribution in [0.15, 0.2) is 16.8 Å². The van der Waals surface area contributed by atoms with E-state index in [1.54, 1.807) is 13.8 Å². The van der Waals surface area contributed by atoms with Gasteiger partial charge in [0, 0.05) is 6.92 Å². The number of aryl methyl sites for hydroxylation is 1. The molecule has 20 heavy (non-hydrogen) atoms. The van der Waals surface area contributed by atoms with Crippen LogP contribution in [0.4, 0.5) is 11.5 Å². The molecule has 0 fully saturated rings. The third kappa shape index (κ3) is 3.22. The van der Waals surface area contributed by atoms with Gasteiger partial charge in [0.2, 0.25) is 5.89 Å². The highest BCUT2D eigenvalue weighted by molar-refractivity contribution is 5.95. The molecule has 0 aliphatic heterocycles. The molecule has 8 nitrogen and oxygen atoms in total. The Bertz CT molecular complexity index is 611. The fourth-order valence-corrected chi connectivity index (χ4v) is 1.53. The number of aromatic nitrogens is 3. The summed E-state index contributed by atoms with van der Waals surface area (Å²) in [5.74, 6) is 0.980. The predicted octanol–water partition coefficient (Wildman–Crippen LogP) is 1.14. The summed E-state index contributed by atoms with van der Waals surface area (Å²) in [5.41, 5.74) is 6.24. The molecular weight excluding hydrogens is 262 g/mol. The summed E-state index contributed by atoms with van der Waals surface area (Å²) >= 11 is 0. The van der Waals surface area contributed by atoms with Gasteiger partial charge >= 0.3 is 5.97 Å². The molecule has 2 aromatic rings. The number of ether oxygens (including phenoxy) is 1. The molecule has 0 saturated heterocycles. The van der Waals surface area contributed by atoms with Gasteiger partial charge in [0.25, 0.3) is 0 Å². The molecule has 8 heteroatoms. The maximum absolute atomic E-state index is 11.7. The van der Waals surface area contributed by atoms with E-state index in [-0.39, 0.29) is 17.9 Å². The number of hydrogen-bond acceptors (Lipinski definition) is 8. The van der Waals surface area contributed by atoms with Crippen molar-refractivity contribution in [2.45, 2.75) is 20.4 Å². The van der Waals surface area contributed by atoms with Crippen molar-refractivity contribution in [1.29, 1.82) is 0 Å². The second-order valence-corrected chi connectivity index (χ2v) is 3.96. The van der Waals surface area contributed by atoms with E-state index in [9.17, 15) is 4.79 Å². The molecule has 0 amide bonds. The first-order valence-corrected chi connectivity index (χ1v) is 6.06. The molecule has 0 saturated carbocycles. The lowest BCUT2D eigenvalue weighted by atomic mass is 10.2. The van der Waals surface area contributed by atoms with Crippen molar-refractivity contribution in [2.24, 2.45) is 0 Å². The van der Waals surface area contributed by atoms with Crippen LogP contribution in [0.3, 0.4) is 0 Å². The number of rotatable bonds is 5. The third-order valence-electron chi connectivity index (χ3n) is 2.43. The zero-order valence-corrected chi connectivity index (χ0v) is 11.2. The topological polar surface area (TPSA) is 116 Å². The van der Waals surface area contributed by atoms with Crippen LogP contribution >= 0.6 is 0 Å². The highest BCUT2D eigenvalue weighted by Crippen LogP contribution is 2.16. The number of nitrogens with one attached hydrogen (secondary N) is 1. The standard InChI is InChI=1S/C12H15N5O3/c1-3-19-12(18)8-4-10(14-5-9(8)13)15-6-11-16-7(2)20-17-11/h4-5H,3,6,13H2,1-2H3,(H,14,15). The number of nitrogens with two attached hydrogens (primary N) is 1. The average molecular weight is 277 g/mol. The SMILES string of the molecule is CCOC(=O)c1cc(NCc2noc(C)n2)ncc1N. The lowest BCUT2D eigenvalue weighted by molar-refractivity contribution is 0.0527. The van der Waals surface area contributed by atoms with E-state index in [0.717, 1.165) is 0 Å². The lowest BCUT2D eigenvalue weighted by Gasteiger charge is -2.08. The summed E-state index contributed by atoms with van der Waals surface area (Å²) < 4.78 is 9.77. The van der Waals surface area contributed by atoms with Gasteiger partial charge in [-0.15, -0.1) is 0 Å². The van der Waals surface area contributed by atoms with Gasteiger partial charge in [-0.2, -0.15) is 4.98 Å². The molecule has 0 bridgehead atoms. The van der Waals surface area contributed by atoms with E-state index < -0.39 is 5.97 Å². The fraction of sp³-hybridized carbons (Fsp3) is 0.333. The summed E-state index contributed by atoms with van der Waals surface area (Å²) in [6, 6.07) is 1.53. The fourth-order valence-electron chi connectivity index (χ4n) is 1.53. The second kappa shape index (κ2) is 6.00. The van der Waals surface area contributed by atoms with E-state index >= 15 is 0 Å². The van der Waals surface area contributed by atoms with Crippen LogP contribution in [-0.2, 0) is 11.3 Å². The highest BCUT2D eigenvalue weighted by Gasteiger charge is 2.12. The smallest absolute Gasteiger partial charge is 0.340 e. The van der Waals surface area contributed by atoms with E-state index in [0.29, 0.717) is 24.1 Å². The Balaban J connectivity index is 2.08. The first-order chi connectivity index (χ1) is 9.60. The van der Waals surface area contributed by atoms with Crippen molar-refractivity contribution in [3.63, 3.8) is 0 Å². The number of nitrogens with zero attached hydrogens (tertiary/aromatic N) is 3. The number of esters is 1. The number of carbonyl (C=O) groups is 1. The Kier molecular flexibility index (Phi) is 4.14. The molecule has 0 unspecified atom stereocenters. The quantitative estimate of drug-likeness (QED) is 0.781. The van der Waals surface area contributed by atoms with Crippen molar-refractivity contribution in [3.8, 4) is 0 Å². The summed E-state index contributed by atoms with van der Waals surface area (Å²) in [7, 11) is 0. The zero-order chi connectivity index (χ0) is 14.5. The van der Waals surface area contributed by atoms with Gasteiger partial charge in [0.05, 0.1) is 30.6 Å². The molecule has 2 rings (SSSR count). The van der Waals surface area contributed by atoms with Crippen LogP contribution in [-0.4, -0.2) is 27.7 Å². The largest absolute Gasteiger partial charge is 0.462 e. The molecule has 0 aromatic carbocycles. The normalized spacial score (nSPS) is 10.3. The highest BCUT2D eigenvalue weighted by atomic mass is 16.5. The Morgan fingerprint density at radius 1 is 1.55 bits per heavy atom. The van der Waals surface area contributed by atoms with Crippen LogP contribution < -0.4 is 11.1 Å². The van der Waals surface area contributed by atoms with Crippen molar-refractivity contribution < 1.29 is 14.1 Å². The number of nitrogen functional groups attached to an aromatic ring is 1. The molecule has 0 atom stereocenters. The molecule has 0 radical (unpaired) electrons. The van der Waals surface area contributed by atoms with E-state index in [2.05, 4.69) is 20.4 Å². The number of carbonyl (C=O) groups excluding carboxylic acids is 1. The van der Waals surface area contributed by atoms with Crippen molar-refractivity contribution >= 4 is 17.5 Å². The Morgan fingerprint density at radius 3 is 3.00 bits per heavy atom. The van der Waals surface area contributed by atoms with Crippen molar-refractivity contribution in [3.05, 3.63) is 29.5 Å². The maximum atomic E-state index is 11.7. The van der Waals surface area contributed by atoms with Gasteiger partial charge in [-0.3, -0.25) is 0 Å². The van der Waals surface area contributed by atoms with Crippen molar-refractivity contribution in [1.82, 2.24) is 15.1 Å². The summed E-state index contributed by atoms with van der Waals surface area (Å²) in [6.45, 7) is 4.05. The molecule has 0 spiro atoms. The first-order valence-electron chi connectivity index (χ1n) is 6.06. The van der Waals surface area contributed by atoms with Gasteiger partial charge in [-0.25, -0.2) is 9.78 Å². The Labute approximate surface area is 115 Å². The molecule has 2 heterocycles. The molecule has 0 aliphatic carbocycles. The van der Waals surface area contributed by atoms with Gasteiger partial charge in [-0.1, -0.05) is 5.16 Å². The number of anilines is 2. The minimum Gasteiger partial charge on any atom is -0.462 e. The number of hydrogen-bond donors (Lipinski definition) is 2. The molecular formula is C12H15N5O3. The van der Waals surface area contributed by atoms with Crippen LogP contribution in [0.1, 0.15) is 29.0 Å². The van der Waals surface area contributed by atoms with Gasteiger partial charge in [0.15, 0.2) is 5.82 Å². The van der Waals surface area contributed by atoms with Crippen LogP contribution in [0.25, 0.3) is 0 Å². The summed E-state index contributed by atoms with van der Waals surface area (Å²) in [5, 5.41) is 6.72. The lowest BCUT2D eigenvalue weighted by Crippen LogP contribution is -2.10. The minimum atomic E-state index is -0.481. The second-order valence-electron chi connectivity index (χ2n) is 3.96. The van der Waals surface area contributed by atoms with Crippen LogP contribution in [0.5, 0.6) is 0 Å². The van der Waals surface area contributed by atoms with E-state index in [1.807, 2.05) is 0 Å². The van der Waals surface area contributed by atoms with Crippen LogP contribution in [0, 0.1) is 6.92 Å². The van der Waals surface area contributed by atoms with E-state index in [1.165, 1.54) is 12.3 Å². The summed E-state index contributed by atoms with van der Waals surface area (Å²) in [4.78, 5) is 19.8. The van der Waals surface area contributed by atoms with Crippen molar-refractivity contribution in [2.75, 3.05) is 17.7 Å². The summed E-state index contributed by atoms with van der Waals surface area (Å²) in [6.07, 6.45) is 1.40. The van der Waals surface area contributed by atoms with E-state index in [4.69, 9.17) is 15.0 Å². The minimum absolute atomic E-state index is 0.268. The van der Waals surface area contributed by atoms with Gasteiger partial charge in [0.1, 0.15) is 5.82 Å². The first kappa shape index (κ1) is 13.8. The molecule has 106 valence electrons. The predicted molar refractivity (Wildman–Crippen MR) is 71.0 cm³/mol. The third-order valence-corrected chi connectivity index (χ3v) is 2.43. The maximum Gasteiger partial charge on any atom is 0.340 e. The molecule has 0 aliphatic rings. The Hall–Kier alpha value is -2.64. The van der Waals surface area contributed by atoms with Gasteiger partial charge in [-0.05, 0) is 13.0 Å².